The van der Waals surface area contributed by atoms with Crippen LogP contribution in [0.2, 0.25) is 0 Å². The summed E-state index contributed by atoms with van der Waals surface area (Å²) in [5.74, 6) is 0.161. The second-order valence-corrected chi connectivity index (χ2v) is 5.28. The molecule has 5 heteroatoms. The van der Waals surface area contributed by atoms with Crippen molar-refractivity contribution < 1.29 is 4.79 Å². The standard InChI is InChI=1S/C16H25N3O.ClH/c20-16(8-7-15-5-2-1-3-6-15)18-9-4-12-19-13-10-17-11-14-19;/h1-3,5-6,17H,4,7-14H2,(H,18,20);1H. The van der Waals surface area contributed by atoms with Gasteiger partial charge in [-0.15, -0.1) is 12.4 Å². The van der Waals surface area contributed by atoms with Crippen molar-refractivity contribution in [3.63, 3.8) is 0 Å². The molecule has 2 N–H and O–H groups in total. The van der Waals surface area contributed by atoms with Crippen molar-refractivity contribution in [3.8, 4) is 0 Å². The first kappa shape index (κ1) is 18.0. The number of nitrogens with one attached hydrogen (secondary N) is 2. The molecule has 21 heavy (non-hydrogen) atoms. The van der Waals surface area contributed by atoms with Crippen LogP contribution in [0.15, 0.2) is 30.3 Å². The maximum atomic E-state index is 11.7. The van der Waals surface area contributed by atoms with Crippen LogP contribution >= 0.6 is 12.4 Å². The number of carbonyl (C=O) groups is 1. The molecule has 0 radical (unpaired) electrons. The summed E-state index contributed by atoms with van der Waals surface area (Å²) in [7, 11) is 0. The maximum absolute atomic E-state index is 11.7. The molecule has 2 rings (SSSR count). The molecule has 1 heterocycles. The highest BCUT2D eigenvalue weighted by atomic mass is 35.5. The normalized spacial score (nSPS) is 15.2. The van der Waals surface area contributed by atoms with Crippen LogP contribution < -0.4 is 10.6 Å². The van der Waals surface area contributed by atoms with E-state index in [2.05, 4.69) is 27.7 Å². The Morgan fingerprint density at radius 2 is 1.90 bits per heavy atom. The van der Waals surface area contributed by atoms with Crippen molar-refractivity contribution in [1.82, 2.24) is 15.5 Å². The summed E-state index contributed by atoms with van der Waals surface area (Å²) in [6.45, 7) is 6.30. The summed E-state index contributed by atoms with van der Waals surface area (Å²) in [4.78, 5) is 14.2. The third kappa shape index (κ3) is 7.46. The molecule has 0 bridgehead atoms. The Hall–Kier alpha value is -1.10. The fourth-order valence-electron chi connectivity index (χ4n) is 2.46. The minimum Gasteiger partial charge on any atom is -0.356 e. The number of nitrogens with zero attached hydrogens (tertiary/aromatic N) is 1. The molecule has 0 saturated carbocycles. The maximum Gasteiger partial charge on any atom is 0.220 e. The largest absolute Gasteiger partial charge is 0.356 e. The molecule has 0 spiro atoms. The van der Waals surface area contributed by atoms with Crippen molar-refractivity contribution in [3.05, 3.63) is 35.9 Å². The van der Waals surface area contributed by atoms with Gasteiger partial charge in [-0.1, -0.05) is 30.3 Å². The van der Waals surface area contributed by atoms with Crippen LogP contribution in [0, 0.1) is 0 Å². The van der Waals surface area contributed by atoms with Crippen molar-refractivity contribution >= 4 is 18.3 Å². The summed E-state index contributed by atoms with van der Waals surface area (Å²) >= 11 is 0. The van der Waals surface area contributed by atoms with Crippen molar-refractivity contribution in [2.45, 2.75) is 19.3 Å². The predicted molar refractivity (Wildman–Crippen MR) is 88.9 cm³/mol. The molecule has 118 valence electrons. The Bertz CT molecular complexity index is 394. The van der Waals surface area contributed by atoms with E-state index in [1.165, 1.54) is 5.56 Å². The first-order valence-electron chi connectivity index (χ1n) is 7.58. The number of halogens is 1. The number of rotatable bonds is 7. The van der Waals surface area contributed by atoms with E-state index in [0.29, 0.717) is 6.42 Å². The number of aryl methyl sites for hydroxylation is 1. The number of amides is 1. The molecule has 1 saturated heterocycles. The van der Waals surface area contributed by atoms with Gasteiger partial charge in [-0.3, -0.25) is 4.79 Å². The minimum absolute atomic E-state index is 0. The molecule has 0 atom stereocenters. The lowest BCUT2D eigenvalue weighted by atomic mass is 10.1. The third-order valence-electron chi connectivity index (χ3n) is 3.67. The molecule has 1 aliphatic heterocycles. The molecule has 1 fully saturated rings. The third-order valence-corrected chi connectivity index (χ3v) is 3.67. The van der Waals surface area contributed by atoms with E-state index in [0.717, 1.165) is 52.1 Å². The molecule has 1 aliphatic rings. The highest BCUT2D eigenvalue weighted by molar-refractivity contribution is 5.85. The average molecular weight is 312 g/mol. The van der Waals surface area contributed by atoms with Crippen LogP contribution in [0.5, 0.6) is 0 Å². The smallest absolute Gasteiger partial charge is 0.220 e. The van der Waals surface area contributed by atoms with Crippen LogP contribution in [0.4, 0.5) is 0 Å². The summed E-state index contributed by atoms with van der Waals surface area (Å²) in [6.07, 6.45) is 2.44. The zero-order valence-electron chi connectivity index (χ0n) is 12.5. The molecule has 1 amide bonds. The van der Waals surface area contributed by atoms with Crippen LogP contribution in [-0.4, -0.2) is 50.1 Å². The molecule has 1 aromatic rings. The van der Waals surface area contributed by atoms with E-state index in [-0.39, 0.29) is 18.3 Å². The van der Waals surface area contributed by atoms with Crippen molar-refractivity contribution in [2.75, 3.05) is 39.3 Å². The van der Waals surface area contributed by atoms with E-state index >= 15 is 0 Å². The number of hydrogen-bond donors (Lipinski definition) is 2. The van der Waals surface area contributed by atoms with Gasteiger partial charge in [0.2, 0.25) is 5.91 Å². The second-order valence-electron chi connectivity index (χ2n) is 5.28. The molecule has 0 aromatic heterocycles. The van der Waals surface area contributed by atoms with E-state index in [9.17, 15) is 4.79 Å². The highest BCUT2D eigenvalue weighted by Crippen LogP contribution is 2.02. The Morgan fingerprint density at radius 1 is 1.19 bits per heavy atom. The number of carbonyl (C=O) groups excluding carboxylic acids is 1. The van der Waals surface area contributed by atoms with E-state index in [1.807, 2.05) is 18.2 Å². The molecular weight excluding hydrogens is 286 g/mol. The van der Waals surface area contributed by atoms with Crippen LogP contribution in [-0.2, 0) is 11.2 Å². The van der Waals surface area contributed by atoms with Gasteiger partial charge < -0.3 is 15.5 Å². The second kappa shape index (κ2) is 10.6. The molecule has 4 nitrogen and oxygen atoms in total. The van der Waals surface area contributed by atoms with Crippen LogP contribution in [0.3, 0.4) is 0 Å². The lowest BCUT2D eigenvalue weighted by molar-refractivity contribution is -0.121. The van der Waals surface area contributed by atoms with Crippen LogP contribution in [0.25, 0.3) is 0 Å². The zero-order valence-corrected chi connectivity index (χ0v) is 13.3. The Morgan fingerprint density at radius 3 is 2.62 bits per heavy atom. The molecule has 0 unspecified atom stereocenters. The Balaban J connectivity index is 0.00000220. The summed E-state index contributed by atoms with van der Waals surface area (Å²) in [6, 6.07) is 10.2. The topological polar surface area (TPSA) is 44.4 Å². The van der Waals surface area contributed by atoms with Gasteiger partial charge in [0.15, 0.2) is 0 Å². The number of hydrogen-bond acceptors (Lipinski definition) is 3. The van der Waals surface area contributed by atoms with Gasteiger partial charge in [0, 0.05) is 39.1 Å². The van der Waals surface area contributed by atoms with Crippen LogP contribution in [0.1, 0.15) is 18.4 Å². The lowest BCUT2D eigenvalue weighted by Gasteiger charge is -2.27. The minimum atomic E-state index is 0. The highest BCUT2D eigenvalue weighted by Gasteiger charge is 2.08. The quantitative estimate of drug-likeness (QED) is 0.749. The van der Waals surface area contributed by atoms with Gasteiger partial charge in [0.1, 0.15) is 0 Å². The monoisotopic (exact) mass is 311 g/mol. The van der Waals surface area contributed by atoms with Gasteiger partial charge in [-0.05, 0) is 24.9 Å². The Kier molecular flexibility index (Phi) is 9.06. The molecular formula is C16H26ClN3O. The summed E-state index contributed by atoms with van der Waals surface area (Å²) < 4.78 is 0. The number of piperazine rings is 1. The number of benzene rings is 1. The van der Waals surface area contributed by atoms with Crippen molar-refractivity contribution in [2.24, 2.45) is 0 Å². The average Bonchev–Trinajstić information content (AvgIpc) is 2.52. The first-order valence-corrected chi connectivity index (χ1v) is 7.58. The SMILES string of the molecule is Cl.O=C(CCc1ccccc1)NCCCN1CCNCC1. The van der Waals surface area contributed by atoms with Gasteiger partial charge >= 0.3 is 0 Å². The molecule has 1 aromatic carbocycles. The van der Waals surface area contributed by atoms with Crippen molar-refractivity contribution in [1.29, 1.82) is 0 Å². The Labute approximate surface area is 133 Å². The summed E-state index contributed by atoms with van der Waals surface area (Å²) in [5.41, 5.74) is 1.23. The van der Waals surface area contributed by atoms with E-state index in [1.54, 1.807) is 0 Å². The van der Waals surface area contributed by atoms with Gasteiger partial charge in [0.25, 0.3) is 0 Å². The lowest BCUT2D eigenvalue weighted by Crippen LogP contribution is -2.44. The zero-order chi connectivity index (χ0) is 14.0. The summed E-state index contributed by atoms with van der Waals surface area (Å²) in [5, 5.41) is 6.36. The fraction of sp³-hybridized carbons (Fsp3) is 0.562. The molecule has 0 aliphatic carbocycles. The van der Waals surface area contributed by atoms with E-state index in [4.69, 9.17) is 0 Å². The van der Waals surface area contributed by atoms with Gasteiger partial charge in [-0.25, -0.2) is 0 Å². The van der Waals surface area contributed by atoms with Gasteiger partial charge in [0.05, 0.1) is 0 Å². The fourth-order valence-corrected chi connectivity index (χ4v) is 2.46. The van der Waals surface area contributed by atoms with Gasteiger partial charge in [-0.2, -0.15) is 0 Å². The predicted octanol–water partition coefficient (Wildman–Crippen LogP) is 1.45. The van der Waals surface area contributed by atoms with E-state index < -0.39 is 0 Å². The first-order chi connectivity index (χ1) is 9.84.